The van der Waals surface area contributed by atoms with E-state index in [4.69, 9.17) is 0 Å². The van der Waals surface area contributed by atoms with Crippen molar-refractivity contribution in [3.63, 3.8) is 0 Å². The number of nitrogens with zero attached hydrogens (tertiary/aromatic N) is 1. The predicted molar refractivity (Wildman–Crippen MR) is 64.6 cm³/mol. The molecule has 0 bridgehead atoms. The Kier molecular flexibility index (Phi) is 3.29. The zero-order chi connectivity index (χ0) is 15.1. The van der Waals surface area contributed by atoms with Gasteiger partial charge in [-0.05, 0) is 26.0 Å². The normalized spacial score (nSPS) is 17.9. The average Bonchev–Trinajstić information content (AvgIpc) is 2.33. The fourth-order valence-corrected chi connectivity index (χ4v) is 1.95. The van der Waals surface area contributed by atoms with E-state index < -0.39 is 47.0 Å². The molecule has 0 radical (unpaired) electrons. The van der Waals surface area contributed by atoms with Crippen LogP contribution in [-0.4, -0.2) is 34.7 Å². The zero-order valence-corrected chi connectivity index (χ0v) is 10.9. The third kappa shape index (κ3) is 2.15. The molecule has 2 rings (SSSR count). The van der Waals surface area contributed by atoms with Crippen LogP contribution < -0.4 is 5.32 Å². The van der Waals surface area contributed by atoms with E-state index in [0.717, 1.165) is 23.1 Å². The molecule has 106 valence electrons. The predicted octanol–water partition coefficient (Wildman–Crippen LogP) is 0.842. The van der Waals surface area contributed by atoms with Gasteiger partial charge in [0.2, 0.25) is 5.91 Å². The molecule has 1 saturated heterocycles. The van der Waals surface area contributed by atoms with Crippen LogP contribution in [0.1, 0.15) is 24.2 Å². The summed E-state index contributed by atoms with van der Waals surface area (Å²) in [5.74, 6) is -4.50. The van der Waals surface area contributed by atoms with Crippen molar-refractivity contribution in [3.05, 3.63) is 35.4 Å². The molecule has 0 atom stereocenters. The molecule has 1 aromatic carbocycles. The Hall–Kier alpha value is -2.31. The molecule has 1 aromatic rings. The average molecular weight is 282 g/mol. The standard InChI is InChI=1S/C13H12F2N2O3/c1-13(2)12(20)16-9(18)6-17(13)11(19)10-7(14)4-3-5-8(10)15/h3-5H,6H2,1-2H3,(H,16,18,20). The summed E-state index contributed by atoms with van der Waals surface area (Å²) in [5, 5.41) is 2.08. The van der Waals surface area contributed by atoms with E-state index in [9.17, 15) is 23.2 Å². The van der Waals surface area contributed by atoms with Crippen LogP contribution in [0.5, 0.6) is 0 Å². The van der Waals surface area contributed by atoms with Crippen molar-refractivity contribution in [2.75, 3.05) is 6.54 Å². The maximum atomic E-state index is 13.6. The van der Waals surface area contributed by atoms with E-state index in [1.807, 2.05) is 0 Å². The summed E-state index contributed by atoms with van der Waals surface area (Å²) in [7, 11) is 0. The van der Waals surface area contributed by atoms with Crippen LogP contribution in [0.25, 0.3) is 0 Å². The van der Waals surface area contributed by atoms with Gasteiger partial charge in [0.15, 0.2) is 0 Å². The second-order valence-electron chi connectivity index (χ2n) is 4.92. The Bertz CT molecular complexity index is 593. The van der Waals surface area contributed by atoms with E-state index in [1.54, 1.807) is 0 Å². The van der Waals surface area contributed by atoms with Gasteiger partial charge < -0.3 is 4.90 Å². The fraction of sp³-hybridized carbons (Fsp3) is 0.308. The number of halogens is 2. The van der Waals surface area contributed by atoms with Gasteiger partial charge in [-0.3, -0.25) is 19.7 Å². The van der Waals surface area contributed by atoms with Gasteiger partial charge >= 0.3 is 0 Å². The van der Waals surface area contributed by atoms with E-state index in [1.165, 1.54) is 13.8 Å². The highest BCUT2D eigenvalue weighted by molar-refractivity contribution is 6.08. The van der Waals surface area contributed by atoms with Crippen LogP contribution in [0.15, 0.2) is 18.2 Å². The molecular weight excluding hydrogens is 270 g/mol. The van der Waals surface area contributed by atoms with Gasteiger partial charge in [0.25, 0.3) is 11.8 Å². The van der Waals surface area contributed by atoms with Gasteiger partial charge in [-0.25, -0.2) is 8.78 Å². The topological polar surface area (TPSA) is 66.5 Å². The number of carbonyl (C=O) groups excluding carboxylic acids is 3. The van der Waals surface area contributed by atoms with Crippen molar-refractivity contribution in [1.29, 1.82) is 0 Å². The molecule has 1 aliphatic heterocycles. The Labute approximate surface area is 113 Å². The molecule has 0 aromatic heterocycles. The van der Waals surface area contributed by atoms with Gasteiger partial charge in [-0.1, -0.05) is 6.07 Å². The van der Waals surface area contributed by atoms with Crippen molar-refractivity contribution in [1.82, 2.24) is 10.2 Å². The molecule has 0 unspecified atom stereocenters. The molecular formula is C13H12F2N2O3. The van der Waals surface area contributed by atoms with Crippen molar-refractivity contribution in [2.45, 2.75) is 19.4 Å². The van der Waals surface area contributed by atoms with Crippen LogP contribution in [0.2, 0.25) is 0 Å². The molecule has 7 heteroatoms. The highest BCUT2D eigenvalue weighted by Crippen LogP contribution is 2.23. The minimum atomic E-state index is -1.38. The number of amides is 3. The lowest BCUT2D eigenvalue weighted by molar-refractivity contribution is -0.143. The Morgan fingerprint density at radius 3 is 2.35 bits per heavy atom. The maximum absolute atomic E-state index is 13.6. The van der Waals surface area contributed by atoms with Crippen LogP contribution >= 0.6 is 0 Å². The monoisotopic (exact) mass is 282 g/mol. The Morgan fingerprint density at radius 1 is 1.25 bits per heavy atom. The van der Waals surface area contributed by atoms with E-state index in [-0.39, 0.29) is 0 Å². The Morgan fingerprint density at radius 2 is 1.80 bits per heavy atom. The van der Waals surface area contributed by atoms with Gasteiger partial charge in [-0.2, -0.15) is 0 Å². The molecule has 1 fully saturated rings. The second-order valence-corrected chi connectivity index (χ2v) is 4.92. The smallest absolute Gasteiger partial charge is 0.261 e. The van der Waals surface area contributed by atoms with Crippen LogP contribution in [0.3, 0.4) is 0 Å². The summed E-state index contributed by atoms with van der Waals surface area (Å²) in [6.45, 7) is 2.35. The number of carbonyl (C=O) groups is 3. The first-order valence-corrected chi connectivity index (χ1v) is 5.85. The number of imide groups is 1. The molecule has 1 aliphatic rings. The Balaban J connectivity index is 2.46. The largest absolute Gasteiger partial charge is 0.315 e. The lowest BCUT2D eigenvalue weighted by Crippen LogP contribution is -2.65. The SMILES string of the molecule is CC1(C)C(=O)NC(=O)CN1C(=O)c1c(F)cccc1F. The number of rotatable bonds is 1. The molecule has 3 amide bonds. The van der Waals surface area contributed by atoms with Crippen LogP contribution in [-0.2, 0) is 9.59 Å². The number of hydrogen-bond donors (Lipinski definition) is 1. The van der Waals surface area contributed by atoms with E-state index in [2.05, 4.69) is 5.32 Å². The lowest BCUT2D eigenvalue weighted by atomic mass is 9.97. The van der Waals surface area contributed by atoms with Crippen molar-refractivity contribution in [3.8, 4) is 0 Å². The third-order valence-corrected chi connectivity index (χ3v) is 3.21. The van der Waals surface area contributed by atoms with Crippen LogP contribution in [0, 0.1) is 11.6 Å². The van der Waals surface area contributed by atoms with Gasteiger partial charge in [0.05, 0.1) is 0 Å². The molecule has 1 heterocycles. The van der Waals surface area contributed by atoms with Gasteiger partial charge in [0.1, 0.15) is 29.3 Å². The first-order chi connectivity index (χ1) is 9.25. The molecule has 0 saturated carbocycles. The second kappa shape index (κ2) is 4.66. The molecule has 1 N–H and O–H groups in total. The third-order valence-electron chi connectivity index (χ3n) is 3.21. The lowest BCUT2D eigenvalue weighted by Gasteiger charge is -2.40. The molecule has 0 spiro atoms. The van der Waals surface area contributed by atoms with Gasteiger partial charge in [-0.15, -0.1) is 0 Å². The number of nitrogens with one attached hydrogen (secondary N) is 1. The maximum Gasteiger partial charge on any atom is 0.261 e. The summed E-state index contributed by atoms with van der Waals surface area (Å²) in [6, 6.07) is 3.00. The van der Waals surface area contributed by atoms with Crippen LogP contribution in [0.4, 0.5) is 8.78 Å². The van der Waals surface area contributed by atoms with Crippen molar-refractivity contribution < 1.29 is 23.2 Å². The quantitative estimate of drug-likeness (QED) is 0.776. The van der Waals surface area contributed by atoms with Crippen molar-refractivity contribution >= 4 is 17.7 Å². The highest BCUT2D eigenvalue weighted by atomic mass is 19.1. The first kappa shape index (κ1) is 14.1. The van der Waals surface area contributed by atoms with Gasteiger partial charge in [0, 0.05) is 0 Å². The number of piperazine rings is 1. The minimum absolute atomic E-state index is 0.439. The fourth-order valence-electron chi connectivity index (χ4n) is 1.95. The molecule has 0 aliphatic carbocycles. The first-order valence-electron chi connectivity index (χ1n) is 5.85. The summed E-state index contributed by atoms with van der Waals surface area (Å²) in [5.41, 5.74) is -2.15. The number of benzene rings is 1. The van der Waals surface area contributed by atoms with Crippen molar-refractivity contribution in [2.24, 2.45) is 0 Å². The number of hydrogen-bond acceptors (Lipinski definition) is 3. The summed E-state index contributed by atoms with van der Waals surface area (Å²) >= 11 is 0. The van der Waals surface area contributed by atoms with E-state index in [0.29, 0.717) is 0 Å². The minimum Gasteiger partial charge on any atom is -0.315 e. The zero-order valence-electron chi connectivity index (χ0n) is 10.9. The highest BCUT2D eigenvalue weighted by Gasteiger charge is 2.44. The molecule has 5 nitrogen and oxygen atoms in total. The molecule has 20 heavy (non-hydrogen) atoms. The summed E-state index contributed by atoms with van der Waals surface area (Å²) in [4.78, 5) is 36.2. The summed E-state index contributed by atoms with van der Waals surface area (Å²) in [6.07, 6.45) is 0. The summed E-state index contributed by atoms with van der Waals surface area (Å²) < 4.78 is 27.3. The van der Waals surface area contributed by atoms with E-state index >= 15 is 0 Å².